The fourth-order valence-corrected chi connectivity index (χ4v) is 1.61. The Morgan fingerprint density at radius 2 is 2.31 bits per heavy atom. The Labute approximate surface area is 80.5 Å². The fourth-order valence-electron chi connectivity index (χ4n) is 1.49. The molecule has 13 heavy (non-hydrogen) atoms. The van der Waals surface area contributed by atoms with Gasteiger partial charge in [-0.05, 0) is 30.0 Å². The third kappa shape index (κ3) is 1.59. The predicted molar refractivity (Wildman–Crippen MR) is 48.3 cm³/mol. The van der Waals surface area contributed by atoms with E-state index in [4.69, 9.17) is 11.6 Å². The summed E-state index contributed by atoms with van der Waals surface area (Å²) in [5, 5.41) is 0.132. The van der Waals surface area contributed by atoms with Gasteiger partial charge in [0.05, 0.1) is 5.02 Å². The SMILES string of the molecule is O=C[C@@H]1C[C@@H]1c1ccc(Cl)c(F)c1. The molecule has 0 amide bonds. The van der Waals surface area contributed by atoms with Gasteiger partial charge in [-0.15, -0.1) is 0 Å². The van der Waals surface area contributed by atoms with Crippen LogP contribution in [0.1, 0.15) is 17.9 Å². The highest BCUT2D eigenvalue weighted by Crippen LogP contribution is 2.46. The van der Waals surface area contributed by atoms with Crippen LogP contribution in [-0.2, 0) is 4.79 Å². The molecule has 0 spiro atoms. The van der Waals surface area contributed by atoms with Gasteiger partial charge in [-0.2, -0.15) is 0 Å². The number of hydrogen-bond acceptors (Lipinski definition) is 1. The van der Waals surface area contributed by atoms with E-state index in [-0.39, 0.29) is 16.9 Å². The van der Waals surface area contributed by atoms with Crippen molar-refractivity contribution in [1.82, 2.24) is 0 Å². The molecule has 1 nitrogen and oxygen atoms in total. The van der Waals surface area contributed by atoms with Gasteiger partial charge in [0.15, 0.2) is 0 Å². The van der Waals surface area contributed by atoms with Crippen molar-refractivity contribution in [1.29, 1.82) is 0 Å². The van der Waals surface area contributed by atoms with Crippen molar-refractivity contribution in [2.45, 2.75) is 12.3 Å². The second-order valence-corrected chi connectivity index (χ2v) is 3.72. The zero-order chi connectivity index (χ0) is 9.42. The number of carbonyl (C=O) groups excluding carboxylic acids is 1. The van der Waals surface area contributed by atoms with Gasteiger partial charge in [-0.3, -0.25) is 0 Å². The minimum atomic E-state index is -0.407. The molecule has 1 aliphatic rings. The molecule has 1 aromatic carbocycles. The minimum absolute atomic E-state index is 0.0839. The molecule has 2 rings (SSSR count). The van der Waals surface area contributed by atoms with Crippen LogP contribution in [-0.4, -0.2) is 6.29 Å². The summed E-state index contributed by atoms with van der Waals surface area (Å²) in [4.78, 5) is 10.4. The standard InChI is InChI=1S/C10H8ClFO/c11-9-2-1-6(4-10(9)12)8-3-7(8)5-13/h1-2,4-5,7-8H,3H2/t7-,8+/m0/s1. The highest BCUT2D eigenvalue weighted by atomic mass is 35.5. The second-order valence-electron chi connectivity index (χ2n) is 3.32. The number of rotatable bonds is 2. The monoisotopic (exact) mass is 198 g/mol. The first kappa shape index (κ1) is 8.70. The van der Waals surface area contributed by atoms with Crippen molar-refractivity contribution in [2.24, 2.45) is 5.92 Å². The Hall–Kier alpha value is -0.890. The molecule has 0 radical (unpaired) electrons. The molecule has 1 aromatic rings. The third-order valence-electron chi connectivity index (χ3n) is 2.39. The van der Waals surface area contributed by atoms with E-state index in [0.29, 0.717) is 0 Å². The lowest BCUT2D eigenvalue weighted by molar-refractivity contribution is -0.108. The van der Waals surface area contributed by atoms with Crippen LogP contribution >= 0.6 is 11.6 Å². The number of hydrogen-bond donors (Lipinski definition) is 0. The minimum Gasteiger partial charge on any atom is -0.303 e. The summed E-state index contributed by atoms with van der Waals surface area (Å²) in [6, 6.07) is 4.72. The Bertz CT molecular complexity index is 351. The Kier molecular flexibility index (Phi) is 2.08. The van der Waals surface area contributed by atoms with Gasteiger partial charge in [0.2, 0.25) is 0 Å². The molecule has 3 heteroatoms. The second kappa shape index (κ2) is 3.11. The maximum absolute atomic E-state index is 13.0. The summed E-state index contributed by atoms with van der Waals surface area (Å²) >= 11 is 5.53. The average Bonchev–Trinajstić information content (AvgIpc) is 2.88. The van der Waals surface area contributed by atoms with E-state index in [1.165, 1.54) is 12.1 Å². The van der Waals surface area contributed by atoms with Crippen molar-refractivity contribution < 1.29 is 9.18 Å². The summed E-state index contributed by atoms with van der Waals surface area (Å²) in [6.45, 7) is 0. The van der Waals surface area contributed by atoms with Gasteiger partial charge in [0.25, 0.3) is 0 Å². The van der Waals surface area contributed by atoms with Crippen LogP contribution < -0.4 is 0 Å². The normalized spacial score (nSPS) is 25.7. The quantitative estimate of drug-likeness (QED) is 0.668. The van der Waals surface area contributed by atoms with E-state index < -0.39 is 5.82 Å². The van der Waals surface area contributed by atoms with E-state index in [1.54, 1.807) is 6.07 Å². The Morgan fingerprint density at radius 1 is 1.54 bits per heavy atom. The lowest BCUT2D eigenvalue weighted by atomic mass is 10.1. The third-order valence-corrected chi connectivity index (χ3v) is 2.69. The highest BCUT2D eigenvalue weighted by molar-refractivity contribution is 6.30. The molecule has 2 atom stereocenters. The van der Waals surface area contributed by atoms with Gasteiger partial charge < -0.3 is 4.79 Å². The number of aldehydes is 1. The molecule has 0 saturated heterocycles. The van der Waals surface area contributed by atoms with Crippen molar-refractivity contribution >= 4 is 17.9 Å². The van der Waals surface area contributed by atoms with Gasteiger partial charge >= 0.3 is 0 Å². The van der Waals surface area contributed by atoms with Gasteiger partial charge in [-0.25, -0.2) is 4.39 Å². The van der Waals surface area contributed by atoms with E-state index in [1.807, 2.05) is 0 Å². The lowest BCUT2D eigenvalue weighted by Gasteiger charge is -1.99. The molecule has 0 aliphatic heterocycles. The van der Waals surface area contributed by atoms with Crippen molar-refractivity contribution in [2.75, 3.05) is 0 Å². The molecule has 68 valence electrons. The van der Waals surface area contributed by atoms with Crippen LogP contribution in [0, 0.1) is 11.7 Å². The van der Waals surface area contributed by atoms with Crippen molar-refractivity contribution in [3.05, 3.63) is 34.6 Å². The summed E-state index contributed by atoms with van der Waals surface area (Å²) in [6.07, 6.45) is 1.77. The number of halogens is 2. The largest absolute Gasteiger partial charge is 0.303 e. The molecule has 0 heterocycles. The summed E-state index contributed by atoms with van der Waals surface area (Å²) < 4.78 is 13.0. The maximum atomic E-state index is 13.0. The van der Waals surface area contributed by atoms with Gasteiger partial charge in [0, 0.05) is 5.92 Å². The molecule has 0 N–H and O–H groups in total. The molecule has 0 aromatic heterocycles. The van der Waals surface area contributed by atoms with Crippen molar-refractivity contribution in [3.63, 3.8) is 0 Å². The van der Waals surface area contributed by atoms with Crippen LogP contribution in [0.2, 0.25) is 5.02 Å². The van der Waals surface area contributed by atoms with E-state index >= 15 is 0 Å². The van der Waals surface area contributed by atoms with E-state index in [9.17, 15) is 9.18 Å². The van der Waals surface area contributed by atoms with Gasteiger partial charge in [0.1, 0.15) is 12.1 Å². The zero-order valence-corrected chi connectivity index (χ0v) is 7.59. The lowest BCUT2D eigenvalue weighted by Crippen LogP contribution is -1.86. The molecule has 0 unspecified atom stereocenters. The summed E-state index contributed by atoms with van der Waals surface area (Å²) in [7, 11) is 0. The molecule has 1 saturated carbocycles. The Balaban J connectivity index is 2.23. The zero-order valence-electron chi connectivity index (χ0n) is 6.84. The molecular weight excluding hydrogens is 191 g/mol. The number of benzene rings is 1. The molecule has 0 bridgehead atoms. The first-order valence-corrected chi connectivity index (χ1v) is 4.50. The van der Waals surface area contributed by atoms with E-state index in [2.05, 4.69) is 0 Å². The molecular formula is C10H8ClFO. The highest BCUT2D eigenvalue weighted by Gasteiger charge is 2.38. The Morgan fingerprint density at radius 3 is 2.85 bits per heavy atom. The fraction of sp³-hybridized carbons (Fsp3) is 0.300. The summed E-state index contributed by atoms with van der Waals surface area (Å²) in [5.74, 6) is -0.111. The first-order valence-electron chi connectivity index (χ1n) is 4.12. The van der Waals surface area contributed by atoms with E-state index in [0.717, 1.165) is 18.3 Å². The predicted octanol–water partition coefficient (Wildman–Crippen LogP) is 2.78. The van der Waals surface area contributed by atoms with Crippen LogP contribution in [0.25, 0.3) is 0 Å². The number of carbonyl (C=O) groups is 1. The topological polar surface area (TPSA) is 17.1 Å². The smallest absolute Gasteiger partial charge is 0.142 e. The average molecular weight is 199 g/mol. The van der Waals surface area contributed by atoms with Crippen LogP contribution in [0.4, 0.5) is 4.39 Å². The van der Waals surface area contributed by atoms with Crippen molar-refractivity contribution in [3.8, 4) is 0 Å². The van der Waals surface area contributed by atoms with Crippen LogP contribution in [0.15, 0.2) is 18.2 Å². The van der Waals surface area contributed by atoms with Gasteiger partial charge in [-0.1, -0.05) is 17.7 Å². The summed E-state index contributed by atoms with van der Waals surface area (Å²) in [5.41, 5.74) is 0.874. The first-order chi connectivity index (χ1) is 6.22. The maximum Gasteiger partial charge on any atom is 0.142 e. The molecule has 1 fully saturated rings. The van der Waals surface area contributed by atoms with Crippen LogP contribution in [0.3, 0.4) is 0 Å². The molecule has 1 aliphatic carbocycles. The van der Waals surface area contributed by atoms with Crippen LogP contribution in [0.5, 0.6) is 0 Å².